The second kappa shape index (κ2) is 8.22. The zero-order chi connectivity index (χ0) is 20.1. The van der Waals surface area contributed by atoms with Crippen LogP contribution < -0.4 is 10.6 Å². The lowest BCUT2D eigenvalue weighted by Crippen LogP contribution is -2.14. The van der Waals surface area contributed by atoms with Gasteiger partial charge in [0, 0.05) is 47.8 Å². The molecule has 8 heteroatoms. The molecule has 4 aromatic rings. The second-order valence-corrected chi connectivity index (χ2v) is 6.19. The van der Waals surface area contributed by atoms with Crippen molar-refractivity contribution in [2.45, 2.75) is 6.92 Å². The molecule has 2 N–H and O–H groups in total. The molecule has 3 aromatic heterocycles. The minimum atomic E-state index is -0.302. The average Bonchev–Trinajstić information content (AvgIpc) is 2.77. The molecule has 142 valence electrons. The molecule has 0 bridgehead atoms. The predicted octanol–water partition coefficient (Wildman–Crippen LogP) is 3.63. The number of pyridine rings is 1. The third-order valence-corrected chi connectivity index (χ3v) is 4.15. The van der Waals surface area contributed by atoms with E-state index in [1.54, 1.807) is 49.2 Å². The van der Waals surface area contributed by atoms with Crippen molar-refractivity contribution in [3.8, 4) is 11.3 Å². The third kappa shape index (κ3) is 4.38. The van der Waals surface area contributed by atoms with Crippen molar-refractivity contribution in [1.82, 2.24) is 24.9 Å². The number of hydrogen-bond donors (Lipinski definition) is 2. The Morgan fingerprint density at radius 2 is 1.72 bits per heavy atom. The topological polar surface area (TPSA) is 106 Å². The molecule has 0 aliphatic rings. The Morgan fingerprint density at radius 3 is 2.52 bits per heavy atom. The summed E-state index contributed by atoms with van der Waals surface area (Å²) in [7, 11) is 0. The summed E-state index contributed by atoms with van der Waals surface area (Å²) in [5.41, 5.74) is 3.80. The minimum Gasteiger partial charge on any atom is -0.324 e. The molecule has 8 nitrogen and oxygen atoms in total. The lowest BCUT2D eigenvalue weighted by Gasteiger charge is -2.11. The number of nitrogens with one attached hydrogen (secondary N) is 2. The molecule has 0 atom stereocenters. The molecule has 0 radical (unpaired) electrons. The summed E-state index contributed by atoms with van der Waals surface area (Å²) in [5, 5.41) is 5.86. The van der Waals surface area contributed by atoms with E-state index in [1.165, 1.54) is 0 Å². The first-order chi connectivity index (χ1) is 14.2. The summed E-state index contributed by atoms with van der Waals surface area (Å²) < 4.78 is 0. The number of hydrogen-bond acceptors (Lipinski definition) is 7. The van der Waals surface area contributed by atoms with Crippen molar-refractivity contribution in [1.29, 1.82) is 0 Å². The van der Waals surface area contributed by atoms with E-state index in [0.29, 0.717) is 11.5 Å². The van der Waals surface area contributed by atoms with Gasteiger partial charge in [-0.1, -0.05) is 6.07 Å². The average molecular weight is 383 g/mol. The van der Waals surface area contributed by atoms with E-state index in [1.807, 2.05) is 31.2 Å². The number of carbonyl (C=O) groups excluding carboxylic acids is 1. The largest absolute Gasteiger partial charge is 0.324 e. The summed E-state index contributed by atoms with van der Waals surface area (Å²) in [6.07, 6.45) is 8.27. The predicted molar refractivity (Wildman–Crippen MR) is 110 cm³/mol. The molecule has 0 saturated heterocycles. The molecule has 0 saturated carbocycles. The van der Waals surface area contributed by atoms with Crippen LogP contribution in [0.5, 0.6) is 0 Å². The van der Waals surface area contributed by atoms with E-state index in [-0.39, 0.29) is 11.9 Å². The van der Waals surface area contributed by atoms with Gasteiger partial charge in [0.1, 0.15) is 0 Å². The van der Waals surface area contributed by atoms with Crippen LogP contribution in [0.25, 0.3) is 11.3 Å². The van der Waals surface area contributed by atoms with E-state index < -0.39 is 0 Å². The molecule has 1 amide bonds. The van der Waals surface area contributed by atoms with Crippen molar-refractivity contribution in [3.05, 3.63) is 84.6 Å². The van der Waals surface area contributed by atoms with Crippen molar-refractivity contribution in [3.63, 3.8) is 0 Å². The van der Waals surface area contributed by atoms with Gasteiger partial charge in [-0.05, 0) is 48.9 Å². The summed E-state index contributed by atoms with van der Waals surface area (Å²) in [4.78, 5) is 33.5. The molecule has 1 aromatic carbocycles. The number of aryl methyl sites for hydroxylation is 1. The van der Waals surface area contributed by atoms with Crippen LogP contribution in [0, 0.1) is 6.92 Å². The summed E-state index contributed by atoms with van der Waals surface area (Å²) in [6, 6.07) is 12.6. The van der Waals surface area contributed by atoms with Crippen LogP contribution in [0.1, 0.15) is 15.9 Å². The lowest BCUT2D eigenvalue weighted by molar-refractivity contribution is 0.102. The summed E-state index contributed by atoms with van der Waals surface area (Å²) >= 11 is 0. The van der Waals surface area contributed by atoms with E-state index in [9.17, 15) is 4.79 Å². The third-order valence-electron chi connectivity index (χ3n) is 4.15. The van der Waals surface area contributed by atoms with E-state index in [4.69, 9.17) is 0 Å². The normalized spacial score (nSPS) is 10.4. The Hall–Kier alpha value is -4.20. The highest BCUT2D eigenvalue weighted by Crippen LogP contribution is 2.22. The maximum absolute atomic E-state index is 12.5. The zero-order valence-corrected chi connectivity index (χ0v) is 15.6. The number of nitrogens with zero attached hydrogens (tertiary/aromatic N) is 5. The molecule has 3 heterocycles. The Balaban J connectivity index is 1.56. The fourth-order valence-electron chi connectivity index (χ4n) is 2.65. The SMILES string of the molecule is Cc1ccc(C(=O)Nc2ncccn2)cc1Nc1nccc(-c2cccnc2)n1. The fraction of sp³-hybridized carbons (Fsp3) is 0.0476. The smallest absolute Gasteiger partial charge is 0.258 e. The first kappa shape index (κ1) is 18.2. The van der Waals surface area contributed by atoms with Gasteiger partial charge in [-0.25, -0.2) is 19.9 Å². The van der Waals surface area contributed by atoms with Crippen molar-refractivity contribution < 1.29 is 4.79 Å². The van der Waals surface area contributed by atoms with Crippen LogP contribution in [0.2, 0.25) is 0 Å². The Labute approximate surface area is 167 Å². The quantitative estimate of drug-likeness (QED) is 0.542. The van der Waals surface area contributed by atoms with Crippen molar-refractivity contribution in [2.24, 2.45) is 0 Å². The number of aromatic nitrogens is 5. The lowest BCUT2D eigenvalue weighted by atomic mass is 10.1. The van der Waals surface area contributed by atoms with Crippen LogP contribution in [0.3, 0.4) is 0 Å². The molecule has 0 spiro atoms. The van der Waals surface area contributed by atoms with Crippen LogP contribution in [-0.2, 0) is 0 Å². The first-order valence-corrected chi connectivity index (χ1v) is 8.88. The first-order valence-electron chi connectivity index (χ1n) is 8.88. The number of benzene rings is 1. The maximum atomic E-state index is 12.5. The van der Waals surface area contributed by atoms with Gasteiger partial charge in [0.2, 0.25) is 11.9 Å². The van der Waals surface area contributed by atoms with Gasteiger partial charge < -0.3 is 5.32 Å². The molecule has 0 unspecified atom stereocenters. The van der Waals surface area contributed by atoms with E-state index in [2.05, 4.69) is 35.6 Å². The molecule has 29 heavy (non-hydrogen) atoms. The number of amides is 1. The second-order valence-electron chi connectivity index (χ2n) is 6.19. The van der Waals surface area contributed by atoms with E-state index >= 15 is 0 Å². The maximum Gasteiger partial charge on any atom is 0.258 e. The zero-order valence-electron chi connectivity index (χ0n) is 15.6. The molecule has 0 aliphatic heterocycles. The van der Waals surface area contributed by atoms with Crippen LogP contribution in [-0.4, -0.2) is 30.8 Å². The van der Waals surface area contributed by atoms with Gasteiger partial charge in [-0.15, -0.1) is 0 Å². The van der Waals surface area contributed by atoms with Gasteiger partial charge in [0.05, 0.1) is 5.69 Å². The minimum absolute atomic E-state index is 0.250. The fourth-order valence-corrected chi connectivity index (χ4v) is 2.65. The Morgan fingerprint density at radius 1 is 0.897 bits per heavy atom. The van der Waals surface area contributed by atoms with Gasteiger partial charge in [0.25, 0.3) is 5.91 Å². The highest BCUT2D eigenvalue weighted by atomic mass is 16.1. The summed E-state index contributed by atoms with van der Waals surface area (Å²) in [5.74, 6) is 0.378. The molecular formula is C21H17N7O. The van der Waals surface area contributed by atoms with E-state index in [0.717, 1.165) is 22.5 Å². The highest BCUT2D eigenvalue weighted by Gasteiger charge is 2.11. The monoisotopic (exact) mass is 383 g/mol. The molecule has 0 fully saturated rings. The van der Waals surface area contributed by atoms with Crippen molar-refractivity contribution >= 4 is 23.5 Å². The molecular weight excluding hydrogens is 366 g/mol. The van der Waals surface area contributed by atoms with Gasteiger partial charge in [0.15, 0.2) is 0 Å². The molecule has 4 rings (SSSR count). The number of carbonyl (C=O) groups is 1. The number of anilines is 3. The van der Waals surface area contributed by atoms with Crippen LogP contribution in [0.4, 0.5) is 17.6 Å². The van der Waals surface area contributed by atoms with Gasteiger partial charge in [-0.2, -0.15) is 0 Å². The number of rotatable bonds is 5. The van der Waals surface area contributed by atoms with Crippen LogP contribution >= 0.6 is 0 Å². The van der Waals surface area contributed by atoms with Crippen LogP contribution in [0.15, 0.2) is 73.4 Å². The molecule has 0 aliphatic carbocycles. The standard InChI is InChI=1S/C21H17N7O/c1-14-5-6-15(19(29)28-20-23-9-3-10-24-20)12-18(14)27-21-25-11-7-17(26-21)16-4-2-8-22-13-16/h2-13H,1H3,(H,25,26,27)(H,23,24,28,29). The Bertz CT molecular complexity index is 1130. The Kier molecular flexibility index (Phi) is 5.15. The highest BCUT2D eigenvalue weighted by molar-refractivity contribution is 6.04. The van der Waals surface area contributed by atoms with Gasteiger partial charge >= 0.3 is 0 Å². The van der Waals surface area contributed by atoms with Gasteiger partial charge in [-0.3, -0.25) is 15.1 Å². The van der Waals surface area contributed by atoms with Crippen molar-refractivity contribution in [2.75, 3.05) is 10.6 Å². The summed E-state index contributed by atoms with van der Waals surface area (Å²) in [6.45, 7) is 1.94.